The molecule has 4 nitrogen and oxygen atoms in total. The first-order chi connectivity index (χ1) is 8.40. The molecule has 0 atom stereocenters. The van der Waals surface area contributed by atoms with E-state index >= 15 is 0 Å². The number of benzene rings is 1. The first kappa shape index (κ1) is 11.8. The predicted molar refractivity (Wildman–Crippen MR) is 67.6 cm³/mol. The number of rotatable bonds is 6. The van der Waals surface area contributed by atoms with E-state index in [0.29, 0.717) is 6.61 Å². The van der Waals surface area contributed by atoms with Crippen molar-refractivity contribution in [2.24, 2.45) is 0 Å². The second-order valence-corrected chi connectivity index (χ2v) is 3.78. The molecule has 0 saturated heterocycles. The number of nitrogens with one attached hydrogen (secondary N) is 2. The lowest BCUT2D eigenvalue weighted by Crippen LogP contribution is -2.19. The SMILES string of the molecule is COCCNCc1ncc(-c2ccccc2)[nH]1. The lowest BCUT2D eigenvalue weighted by Gasteiger charge is -2.01. The van der Waals surface area contributed by atoms with E-state index in [-0.39, 0.29) is 0 Å². The molecule has 1 aromatic heterocycles. The molecule has 0 radical (unpaired) electrons. The number of aromatic amines is 1. The molecule has 0 aliphatic rings. The average Bonchev–Trinajstić information content (AvgIpc) is 2.85. The Labute approximate surface area is 101 Å². The molecule has 0 unspecified atom stereocenters. The van der Waals surface area contributed by atoms with Gasteiger partial charge in [0.1, 0.15) is 5.82 Å². The fraction of sp³-hybridized carbons (Fsp3) is 0.308. The van der Waals surface area contributed by atoms with Crippen molar-refractivity contribution in [1.82, 2.24) is 15.3 Å². The molecule has 0 aliphatic heterocycles. The number of imidazole rings is 1. The first-order valence-corrected chi connectivity index (χ1v) is 5.69. The van der Waals surface area contributed by atoms with Crippen LogP contribution in [0, 0.1) is 0 Å². The summed E-state index contributed by atoms with van der Waals surface area (Å²) >= 11 is 0. The molecule has 0 bridgehead atoms. The maximum absolute atomic E-state index is 4.96. The Kier molecular flexibility index (Phi) is 4.30. The lowest BCUT2D eigenvalue weighted by molar-refractivity contribution is 0.199. The van der Waals surface area contributed by atoms with Crippen molar-refractivity contribution in [3.63, 3.8) is 0 Å². The van der Waals surface area contributed by atoms with Gasteiger partial charge < -0.3 is 15.0 Å². The van der Waals surface area contributed by atoms with Crippen LogP contribution < -0.4 is 5.32 Å². The van der Waals surface area contributed by atoms with Crippen LogP contribution in [-0.2, 0) is 11.3 Å². The van der Waals surface area contributed by atoms with Gasteiger partial charge in [0.2, 0.25) is 0 Å². The number of methoxy groups -OCH3 is 1. The number of ether oxygens (including phenoxy) is 1. The fourth-order valence-electron chi connectivity index (χ4n) is 1.60. The Morgan fingerprint density at radius 3 is 2.88 bits per heavy atom. The van der Waals surface area contributed by atoms with Gasteiger partial charge in [0, 0.05) is 13.7 Å². The maximum Gasteiger partial charge on any atom is 0.120 e. The molecule has 2 rings (SSSR count). The summed E-state index contributed by atoms with van der Waals surface area (Å²) in [6.07, 6.45) is 1.86. The van der Waals surface area contributed by atoms with Gasteiger partial charge in [-0.15, -0.1) is 0 Å². The van der Waals surface area contributed by atoms with Crippen LogP contribution in [0.15, 0.2) is 36.5 Å². The van der Waals surface area contributed by atoms with Crippen molar-refractivity contribution in [2.45, 2.75) is 6.54 Å². The maximum atomic E-state index is 4.96. The van der Waals surface area contributed by atoms with Gasteiger partial charge in [0.25, 0.3) is 0 Å². The molecule has 1 aromatic carbocycles. The van der Waals surface area contributed by atoms with Gasteiger partial charge >= 0.3 is 0 Å². The number of nitrogens with zero attached hydrogens (tertiary/aromatic N) is 1. The summed E-state index contributed by atoms with van der Waals surface area (Å²) in [5.41, 5.74) is 2.21. The molecule has 17 heavy (non-hydrogen) atoms. The van der Waals surface area contributed by atoms with Crippen LogP contribution in [0.25, 0.3) is 11.3 Å². The third-order valence-corrected chi connectivity index (χ3v) is 2.49. The monoisotopic (exact) mass is 231 g/mol. The molecule has 0 saturated carbocycles. The minimum atomic E-state index is 0.715. The molecule has 0 amide bonds. The highest BCUT2D eigenvalue weighted by Crippen LogP contribution is 2.15. The van der Waals surface area contributed by atoms with Crippen molar-refractivity contribution in [3.05, 3.63) is 42.4 Å². The zero-order chi connectivity index (χ0) is 11.9. The largest absolute Gasteiger partial charge is 0.383 e. The van der Waals surface area contributed by atoms with E-state index in [0.717, 1.165) is 30.2 Å². The lowest BCUT2D eigenvalue weighted by atomic mass is 10.2. The van der Waals surface area contributed by atoms with Crippen molar-refractivity contribution in [3.8, 4) is 11.3 Å². The van der Waals surface area contributed by atoms with Gasteiger partial charge in [-0.3, -0.25) is 0 Å². The quantitative estimate of drug-likeness (QED) is 0.745. The van der Waals surface area contributed by atoms with E-state index in [2.05, 4.69) is 27.4 Å². The second-order valence-electron chi connectivity index (χ2n) is 3.78. The van der Waals surface area contributed by atoms with Gasteiger partial charge in [-0.25, -0.2) is 4.98 Å². The summed E-state index contributed by atoms with van der Waals surface area (Å²) in [6.45, 7) is 2.28. The van der Waals surface area contributed by atoms with E-state index in [1.165, 1.54) is 0 Å². The van der Waals surface area contributed by atoms with Gasteiger partial charge in [-0.1, -0.05) is 30.3 Å². The van der Waals surface area contributed by atoms with Crippen LogP contribution in [0.3, 0.4) is 0 Å². The van der Waals surface area contributed by atoms with E-state index in [1.807, 2.05) is 24.4 Å². The van der Waals surface area contributed by atoms with E-state index in [9.17, 15) is 0 Å². The van der Waals surface area contributed by atoms with Crippen LogP contribution in [0.4, 0.5) is 0 Å². The highest BCUT2D eigenvalue weighted by atomic mass is 16.5. The van der Waals surface area contributed by atoms with Crippen molar-refractivity contribution < 1.29 is 4.74 Å². The van der Waals surface area contributed by atoms with Crippen molar-refractivity contribution in [1.29, 1.82) is 0 Å². The Morgan fingerprint density at radius 2 is 2.12 bits per heavy atom. The highest BCUT2D eigenvalue weighted by Gasteiger charge is 2.01. The van der Waals surface area contributed by atoms with Crippen LogP contribution in [0.1, 0.15) is 5.82 Å². The average molecular weight is 231 g/mol. The summed E-state index contributed by atoms with van der Waals surface area (Å²) in [6, 6.07) is 10.2. The Hall–Kier alpha value is -1.65. The topological polar surface area (TPSA) is 49.9 Å². The second kappa shape index (κ2) is 6.18. The smallest absolute Gasteiger partial charge is 0.120 e. The molecule has 0 fully saturated rings. The standard InChI is InChI=1S/C13H17N3O/c1-17-8-7-14-10-13-15-9-12(16-13)11-5-3-2-4-6-11/h2-6,9,14H,7-8,10H2,1H3,(H,15,16). The molecule has 0 spiro atoms. The van der Waals surface area contributed by atoms with E-state index in [4.69, 9.17) is 4.74 Å². The summed E-state index contributed by atoms with van der Waals surface area (Å²) in [5, 5.41) is 3.25. The number of hydrogen-bond acceptors (Lipinski definition) is 3. The first-order valence-electron chi connectivity index (χ1n) is 5.69. The molecular weight excluding hydrogens is 214 g/mol. The Balaban J connectivity index is 1.92. The summed E-state index contributed by atoms with van der Waals surface area (Å²) < 4.78 is 4.96. The van der Waals surface area contributed by atoms with Gasteiger partial charge in [0.05, 0.1) is 25.0 Å². The normalized spacial score (nSPS) is 10.6. The molecule has 2 N–H and O–H groups in total. The number of aromatic nitrogens is 2. The minimum absolute atomic E-state index is 0.715. The van der Waals surface area contributed by atoms with E-state index in [1.54, 1.807) is 7.11 Å². The Morgan fingerprint density at radius 1 is 1.29 bits per heavy atom. The number of hydrogen-bond donors (Lipinski definition) is 2. The van der Waals surface area contributed by atoms with E-state index < -0.39 is 0 Å². The van der Waals surface area contributed by atoms with Crippen LogP contribution >= 0.6 is 0 Å². The number of H-pyrrole nitrogens is 1. The van der Waals surface area contributed by atoms with Gasteiger partial charge in [0.15, 0.2) is 0 Å². The van der Waals surface area contributed by atoms with Gasteiger partial charge in [-0.2, -0.15) is 0 Å². The van der Waals surface area contributed by atoms with Crippen LogP contribution in [0.5, 0.6) is 0 Å². The highest BCUT2D eigenvalue weighted by molar-refractivity contribution is 5.57. The van der Waals surface area contributed by atoms with Crippen LogP contribution in [0.2, 0.25) is 0 Å². The van der Waals surface area contributed by atoms with Gasteiger partial charge in [-0.05, 0) is 5.56 Å². The summed E-state index contributed by atoms with van der Waals surface area (Å²) in [5.74, 6) is 0.944. The van der Waals surface area contributed by atoms with Crippen molar-refractivity contribution >= 4 is 0 Å². The Bertz CT molecular complexity index is 439. The third-order valence-electron chi connectivity index (χ3n) is 2.49. The van der Waals surface area contributed by atoms with Crippen molar-refractivity contribution in [2.75, 3.05) is 20.3 Å². The summed E-state index contributed by atoms with van der Waals surface area (Å²) in [4.78, 5) is 7.62. The zero-order valence-electron chi connectivity index (χ0n) is 9.94. The molecular formula is C13H17N3O. The zero-order valence-corrected chi connectivity index (χ0v) is 9.94. The third kappa shape index (κ3) is 3.41. The molecule has 4 heteroatoms. The molecule has 90 valence electrons. The molecule has 1 heterocycles. The molecule has 2 aromatic rings. The minimum Gasteiger partial charge on any atom is -0.383 e. The predicted octanol–water partition coefficient (Wildman–Crippen LogP) is 1.81. The fourth-order valence-corrected chi connectivity index (χ4v) is 1.60. The molecule has 0 aliphatic carbocycles. The van der Waals surface area contributed by atoms with Crippen LogP contribution in [-0.4, -0.2) is 30.2 Å². The summed E-state index contributed by atoms with van der Waals surface area (Å²) in [7, 11) is 1.70.